The standard InChI is InChI=1S/C31H33N5O4/c1-34-15-17-36(18-16-34)20-27(37)35(2)24-12-10-23(11-13-24)32-29(21-7-5-4-6-8-21)28-25-14-9-22(31(39)40-3)19-26(25)33-30(28)38/h4-14,19,33,38H,15-18,20H2,1-3H3/p+2. The highest BCUT2D eigenvalue weighted by Crippen LogP contribution is 2.32. The van der Waals surface area contributed by atoms with Crippen molar-refractivity contribution in [1.82, 2.24) is 4.98 Å². The second-order valence-electron chi connectivity index (χ2n) is 10.3. The molecule has 4 N–H and O–H groups in total. The number of fused-ring (bicyclic) bond motifs is 1. The van der Waals surface area contributed by atoms with Gasteiger partial charge in [0.2, 0.25) is 0 Å². The number of amides is 1. The van der Waals surface area contributed by atoms with Gasteiger partial charge in [0.25, 0.3) is 5.91 Å². The number of nitrogens with zero attached hydrogens (tertiary/aromatic N) is 2. The number of aromatic hydroxyl groups is 1. The van der Waals surface area contributed by atoms with Crippen LogP contribution in [0.15, 0.2) is 77.8 Å². The van der Waals surface area contributed by atoms with Crippen molar-refractivity contribution < 1.29 is 29.2 Å². The summed E-state index contributed by atoms with van der Waals surface area (Å²) in [5, 5.41) is 11.7. The Morgan fingerprint density at radius 2 is 1.68 bits per heavy atom. The molecule has 9 heteroatoms. The molecule has 3 aromatic carbocycles. The maximum atomic E-state index is 13.0. The number of nitrogens with one attached hydrogen (secondary N) is 3. The van der Waals surface area contributed by atoms with Crippen LogP contribution in [0.3, 0.4) is 0 Å². The van der Waals surface area contributed by atoms with Crippen LogP contribution in [0.2, 0.25) is 0 Å². The molecule has 1 fully saturated rings. The average Bonchev–Trinajstić information content (AvgIpc) is 3.31. The van der Waals surface area contributed by atoms with E-state index in [0.717, 1.165) is 42.8 Å². The molecule has 1 aliphatic rings. The molecule has 0 radical (unpaired) electrons. The topological polar surface area (TPSA) is 104 Å². The SMILES string of the molecule is COC(=O)c1ccc2c(C(=Nc3ccc(N(C)C(=O)C[NH+]4CC[NH+](C)CC4)cc3)c3ccccc3)c(O)[nH]c2c1. The number of ether oxygens (including phenoxy) is 1. The third kappa shape index (κ3) is 5.75. The predicted molar refractivity (Wildman–Crippen MR) is 155 cm³/mol. The van der Waals surface area contributed by atoms with Crippen LogP contribution in [0.5, 0.6) is 5.88 Å². The monoisotopic (exact) mass is 541 g/mol. The van der Waals surface area contributed by atoms with Gasteiger partial charge in [-0.1, -0.05) is 36.4 Å². The molecule has 1 aromatic heterocycles. The minimum atomic E-state index is -0.455. The maximum Gasteiger partial charge on any atom is 0.337 e. The summed E-state index contributed by atoms with van der Waals surface area (Å²) in [5.74, 6) is -0.413. The van der Waals surface area contributed by atoms with Gasteiger partial charge >= 0.3 is 5.97 Å². The number of hydrogen-bond acceptors (Lipinski definition) is 5. The number of piperazine rings is 1. The van der Waals surface area contributed by atoms with Crippen LogP contribution < -0.4 is 14.7 Å². The lowest BCUT2D eigenvalue weighted by molar-refractivity contribution is -1.000. The van der Waals surface area contributed by atoms with Crippen LogP contribution in [-0.4, -0.2) is 81.6 Å². The van der Waals surface area contributed by atoms with Crippen molar-refractivity contribution in [3.8, 4) is 5.88 Å². The Morgan fingerprint density at radius 3 is 2.35 bits per heavy atom. The Labute approximate surface area is 233 Å². The van der Waals surface area contributed by atoms with Crippen molar-refractivity contribution in [2.45, 2.75) is 0 Å². The first kappa shape index (κ1) is 27.1. The molecule has 40 heavy (non-hydrogen) atoms. The molecule has 0 spiro atoms. The third-order valence-corrected chi connectivity index (χ3v) is 7.55. The number of quaternary nitrogens is 2. The first-order valence-corrected chi connectivity index (χ1v) is 13.4. The minimum Gasteiger partial charge on any atom is -0.494 e. The van der Waals surface area contributed by atoms with Crippen LogP contribution in [-0.2, 0) is 9.53 Å². The molecular weight excluding hydrogens is 506 g/mol. The molecule has 0 atom stereocenters. The molecule has 0 saturated carbocycles. The van der Waals surface area contributed by atoms with Gasteiger partial charge in [-0.2, -0.15) is 0 Å². The van der Waals surface area contributed by atoms with E-state index >= 15 is 0 Å². The molecule has 0 aliphatic carbocycles. The normalized spacial score (nSPS) is 17.5. The number of likely N-dealkylation sites (N-methyl/N-ethyl adjacent to an activating group) is 2. The second kappa shape index (κ2) is 11.7. The Balaban J connectivity index is 1.44. The summed E-state index contributed by atoms with van der Waals surface area (Å²) in [6.45, 7) is 4.67. The quantitative estimate of drug-likeness (QED) is 0.209. The summed E-state index contributed by atoms with van der Waals surface area (Å²) in [6.07, 6.45) is 0. The summed E-state index contributed by atoms with van der Waals surface area (Å²) < 4.78 is 4.84. The highest BCUT2D eigenvalue weighted by atomic mass is 16.5. The van der Waals surface area contributed by atoms with Gasteiger partial charge in [0, 0.05) is 29.2 Å². The number of esters is 1. The molecule has 2 heterocycles. The van der Waals surface area contributed by atoms with Crippen molar-refractivity contribution in [2.24, 2.45) is 4.99 Å². The number of H-pyrrole nitrogens is 1. The van der Waals surface area contributed by atoms with E-state index in [1.807, 2.05) is 61.6 Å². The number of carbonyl (C=O) groups is 2. The van der Waals surface area contributed by atoms with Crippen molar-refractivity contribution in [3.63, 3.8) is 0 Å². The second-order valence-corrected chi connectivity index (χ2v) is 10.3. The van der Waals surface area contributed by atoms with E-state index in [1.165, 1.54) is 16.9 Å². The lowest BCUT2D eigenvalue weighted by Crippen LogP contribution is -3.27. The lowest BCUT2D eigenvalue weighted by atomic mass is 10.00. The number of methoxy groups -OCH3 is 1. The van der Waals surface area contributed by atoms with E-state index in [2.05, 4.69) is 12.0 Å². The van der Waals surface area contributed by atoms with Gasteiger partial charge in [0.1, 0.15) is 26.2 Å². The van der Waals surface area contributed by atoms with Crippen molar-refractivity contribution >= 4 is 39.9 Å². The molecule has 4 aromatic rings. The molecule has 1 aliphatic heterocycles. The fourth-order valence-electron chi connectivity index (χ4n) is 5.09. The average molecular weight is 542 g/mol. The van der Waals surface area contributed by atoms with Gasteiger partial charge in [-0.05, 0) is 36.4 Å². The number of anilines is 1. The van der Waals surface area contributed by atoms with E-state index in [-0.39, 0.29) is 11.8 Å². The third-order valence-electron chi connectivity index (χ3n) is 7.55. The zero-order valence-corrected chi connectivity index (χ0v) is 23.0. The Hall–Kier alpha value is -4.47. The van der Waals surface area contributed by atoms with Gasteiger partial charge in [-0.25, -0.2) is 9.79 Å². The number of hydrogen-bond donors (Lipinski definition) is 4. The van der Waals surface area contributed by atoms with E-state index in [1.54, 1.807) is 23.1 Å². The Kier molecular flexibility index (Phi) is 7.95. The van der Waals surface area contributed by atoms with Crippen LogP contribution in [0.25, 0.3) is 10.9 Å². The Bertz CT molecular complexity index is 1540. The van der Waals surface area contributed by atoms with Gasteiger partial charge < -0.3 is 29.5 Å². The lowest BCUT2D eigenvalue weighted by Gasteiger charge is -2.28. The zero-order chi connectivity index (χ0) is 28.2. The summed E-state index contributed by atoms with van der Waals surface area (Å²) in [5.41, 5.74) is 4.39. The van der Waals surface area contributed by atoms with Crippen molar-refractivity contribution in [2.75, 3.05) is 58.8 Å². The summed E-state index contributed by atoms with van der Waals surface area (Å²) in [7, 11) is 5.33. The highest BCUT2D eigenvalue weighted by Gasteiger charge is 2.24. The molecule has 0 bridgehead atoms. The molecule has 9 nitrogen and oxygen atoms in total. The molecule has 206 valence electrons. The van der Waals surface area contributed by atoms with Gasteiger partial charge in [-0.15, -0.1) is 0 Å². The van der Waals surface area contributed by atoms with Crippen LogP contribution >= 0.6 is 0 Å². The zero-order valence-electron chi connectivity index (χ0n) is 23.0. The largest absolute Gasteiger partial charge is 0.494 e. The minimum absolute atomic E-state index is 0.0467. The van der Waals surface area contributed by atoms with Crippen LogP contribution in [0.4, 0.5) is 11.4 Å². The first-order chi connectivity index (χ1) is 19.3. The summed E-state index contributed by atoms with van der Waals surface area (Å²) in [4.78, 5) is 37.4. The number of aliphatic imine (C=N–C) groups is 1. The smallest absolute Gasteiger partial charge is 0.337 e. The highest BCUT2D eigenvalue weighted by molar-refractivity contribution is 6.22. The van der Waals surface area contributed by atoms with Gasteiger partial charge in [0.05, 0.1) is 36.7 Å². The van der Waals surface area contributed by atoms with Gasteiger partial charge in [-0.3, -0.25) is 4.79 Å². The number of benzene rings is 3. The predicted octanol–water partition coefficient (Wildman–Crippen LogP) is 1.21. The fraction of sp³-hybridized carbons (Fsp3) is 0.258. The number of aromatic nitrogens is 1. The summed E-state index contributed by atoms with van der Waals surface area (Å²) >= 11 is 0. The molecule has 5 rings (SSSR count). The van der Waals surface area contributed by atoms with Crippen molar-refractivity contribution in [3.05, 3.63) is 89.5 Å². The summed E-state index contributed by atoms with van der Waals surface area (Å²) in [6, 6.07) is 22.2. The number of carbonyl (C=O) groups excluding carboxylic acids is 2. The van der Waals surface area contributed by atoms with Crippen molar-refractivity contribution in [1.29, 1.82) is 0 Å². The van der Waals surface area contributed by atoms with E-state index in [9.17, 15) is 14.7 Å². The molecule has 1 saturated heterocycles. The maximum absolute atomic E-state index is 13.0. The molecule has 1 amide bonds. The van der Waals surface area contributed by atoms with E-state index in [4.69, 9.17) is 9.73 Å². The Morgan fingerprint density at radius 1 is 0.975 bits per heavy atom. The van der Waals surface area contributed by atoms with E-state index in [0.29, 0.717) is 34.6 Å². The van der Waals surface area contributed by atoms with Crippen LogP contribution in [0.1, 0.15) is 21.5 Å². The van der Waals surface area contributed by atoms with Gasteiger partial charge in [0.15, 0.2) is 12.4 Å². The molecular formula is C31H35N5O4+2. The number of aromatic amines is 1. The van der Waals surface area contributed by atoms with E-state index < -0.39 is 5.97 Å². The van der Waals surface area contributed by atoms with Crippen LogP contribution in [0, 0.1) is 0 Å². The first-order valence-electron chi connectivity index (χ1n) is 13.4. The number of rotatable bonds is 7. The fourth-order valence-corrected chi connectivity index (χ4v) is 5.09. The molecule has 0 unspecified atom stereocenters.